The van der Waals surface area contributed by atoms with Gasteiger partial charge in [0.2, 0.25) is 0 Å². The number of aromatic nitrogens is 1. The van der Waals surface area contributed by atoms with E-state index in [2.05, 4.69) is 4.98 Å². The summed E-state index contributed by atoms with van der Waals surface area (Å²) in [7, 11) is 0. The Morgan fingerprint density at radius 1 is 1.53 bits per heavy atom. The maximum atomic E-state index is 13.2. The van der Waals surface area contributed by atoms with Gasteiger partial charge in [0.25, 0.3) is 5.92 Å². The number of hydrogen-bond acceptors (Lipinski definition) is 3. The second-order valence-corrected chi connectivity index (χ2v) is 3.56. The summed E-state index contributed by atoms with van der Waals surface area (Å²) in [6, 6.07) is 0. The van der Waals surface area contributed by atoms with E-state index in [0.29, 0.717) is 0 Å². The fourth-order valence-corrected chi connectivity index (χ4v) is 1.48. The average Bonchev–Trinajstić information content (AvgIpc) is 2.00. The molecule has 1 heterocycles. The summed E-state index contributed by atoms with van der Waals surface area (Å²) in [6.45, 7) is 3.74. The molecule has 0 spiro atoms. The lowest BCUT2D eigenvalue weighted by atomic mass is 10.0. The van der Waals surface area contributed by atoms with Gasteiger partial charge in [-0.2, -0.15) is 0 Å². The maximum absolute atomic E-state index is 13.2. The number of nitrogen functional groups attached to an aromatic ring is 1. The summed E-state index contributed by atoms with van der Waals surface area (Å²) >= 11 is 0. The molecule has 5 heteroatoms. The molecule has 3 N–H and O–H groups in total. The van der Waals surface area contributed by atoms with E-state index >= 15 is 0 Å². The Kier molecular flexibility index (Phi) is 2.75. The number of anilines is 1. The van der Waals surface area contributed by atoms with Crippen molar-refractivity contribution in [1.82, 2.24) is 4.98 Å². The molecule has 0 aromatic carbocycles. The first-order chi connectivity index (χ1) is 6.75. The molecule has 0 saturated heterocycles. The van der Waals surface area contributed by atoms with E-state index in [-0.39, 0.29) is 28.2 Å². The molecule has 0 unspecified atom stereocenters. The van der Waals surface area contributed by atoms with Crippen molar-refractivity contribution < 1.29 is 8.78 Å². The van der Waals surface area contributed by atoms with E-state index in [1.807, 2.05) is 0 Å². The van der Waals surface area contributed by atoms with Gasteiger partial charge in [-0.1, -0.05) is 0 Å². The molecule has 3 nitrogen and oxygen atoms in total. The Labute approximate surface area is 86.8 Å². The molecule has 0 atom stereocenters. The van der Waals surface area contributed by atoms with E-state index in [4.69, 9.17) is 11.1 Å². The van der Waals surface area contributed by atoms with Crippen LogP contribution >= 0.6 is 0 Å². The number of aryl methyl sites for hydroxylation is 1. The van der Waals surface area contributed by atoms with E-state index in [9.17, 15) is 8.78 Å². The molecule has 0 aliphatic carbocycles. The molecule has 1 rings (SSSR count). The van der Waals surface area contributed by atoms with Gasteiger partial charge in [0, 0.05) is 30.1 Å². The highest BCUT2D eigenvalue weighted by Gasteiger charge is 2.31. The van der Waals surface area contributed by atoms with Crippen molar-refractivity contribution in [2.24, 2.45) is 0 Å². The van der Waals surface area contributed by atoms with Gasteiger partial charge in [0.05, 0.1) is 11.3 Å². The Balaban J connectivity index is 3.51. The number of nitrogens with zero attached hydrogens (tertiary/aromatic N) is 1. The van der Waals surface area contributed by atoms with E-state index in [1.54, 1.807) is 0 Å². The predicted octanol–water partition coefficient (Wildman–Crippen LogP) is 2.47. The zero-order chi connectivity index (χ0) is 11.8. The number of nitrogens with two attached hydrogens (primary N) is 1. The van der Waals surface area contributed by atoms with Gasteiger partial charge in [0.1, 0.15) is 0 Å². The van der Waals surface area contributed by atoms with E-state index < -0.39 is 5.92 Å². The Morgan fingerprint density at radius 2 is 2.07 bits per heavy atom. The highest BCUT2D eigenvalue weighted by molar-refractivity contribution is 6.01. The van der Waals surface area contributed by atoms with Crippen LogP contribution in [0.3, 0.4) is 0 Å². The predicted molar refractivity (Wildman–Crippen MR) is 55.5 cm³/mol. The van der Waals surface area contributed by atoms with Crippen LogP contribution in [-0.4, -0.2) is 10.7 Å². The number of pyridine rings is 1. The summed E-state index contributed by atoms with van der Waals surface area (Å²) in [5.74, 6) is -3.04. The van der Waals surface area contributed by atoms with Gasteiger partial charge < -0.3 is 11.1 Å². The Hall–Kier alpha value is -1.52. The smallest absolute Gasteiger partial charge is 0.274 e. The van der Waals surface area contributed by atoms with Crippen molar-refractivity contribution in [3.63, 3.8) is 0 Å². The van der Waals surface area contributed by atoms with Gasteiger partial charge in [0.15, 0.2) is 0 Å². The largest absolute Gasteiger partial charge is 0.398 e. The van der Waals surface area contributed by atoms with E-state index in [1.165, 1.54) is 20.0 Å². The second kappa shape index (κ2) is 3.56. The second-order valence-electron chi connectivity index (χ2n) is 3.56. The number of rotatable bonds is 2. The maximum Gasteiger partial charge on any atom is 0.274 e. The average molecular weight is 213 g/mol. The number of halogens is 2. The van der Waals surface area contributed by atoms with Crippen molar-refractivity contribution in [3.05, 3.63) is 23.0 Å². The SMILES string of the molecule is CC(=N)c1cnc(C)c(C(C)(F)F)c1N. The zero-order valence-electron chi connectivity index (χ0n) is 8.86. The first kappa shape index (κ1) is 11.6. The molecule has 0 amide bonds. The minimum absolute atomic E-state index is 0.0532. The van der Waals surface area contributed by atoms with Gasteiger partial charge in [-0.15, -0.1) is 0 Å². The molecule has 1 aromatic heterocycles. The molecule has 0 radical (unpaired) electrons. The Bertz CT molecular complexity index is 408. The van der Waals surface area contributed by atoms with Crippen LogP contribution in [0.2, 0.25) is 0 Å². The quantitative estimate of drug-likeness (QED) is 0.741. The first-order valence-corrected chi connectivity index (χ1v) is 4.44. The van der Waals surface area contributed by atoms with Crippen LogP contribution < -0.4 is 5.73 Å². The lowest BCUT2D eigenvalue weighted by Gasteiger charge is -2.17. The fraction of sp³-hybridized carbons (Fsp3) is 0.400. The third-order valence-corrected chi connectivity index (χ3v) is 2.15. The monoisotopic (exact) mass is 213 g/mol. The molecule has 0 bridgehead atoms. The summed E-state index contributed by atoms with van der Waals surface area (Å²) < 4.78 is 26.5. The highest BCUT2D eigenvalue weighted by Crippen LogP contribution is 2.34. The lowest BCUT2D eigenvalue weighted by Crippen LogP contribution is -2.16. The van der Waals surface area contributed by atoms with Crippen LogP contribution in [0.15, 0.2) is 6.20 Å². The molecule has 0 aliphatic heterocycles. The molecule has 0 fully saturated rings. The summed E-state index contributed by atoms with van der Waals surface area (Å²) in [5, 5.41) is 7.38. The molecule has 1 aromatic rings. The van der Waals surface area contributed by atoms with Crippen molar-refractivity contribution in [3.8, 4) is 0 Å². The summed E-state index contributed by atoms with van der Waals surface area (Å²) in [4.78, 5) is 3.83. The van der Waals surface area contributed by atoms with Crippen molar-refractivity contribution >= 4 is 11.4 Å². The minimum Gasteiger partial charge on any atom is -0.398 e. The molecule has 0 saturated carbocycles. The van der Waals surface area contributed by atoms with Gasteiger partial charge in [-0.25, -0.2) is 8.78 Å². The van der Waals surface area contributed by atoms with Crippen LogP contribution in [0.1, 0.15) is 30.7 Å². The van der Waals surface area contributed by atoms with E-state index in [0.717, 1.165) is 6.92 Å². The number of alkyl halides is 2. The van der Waals surface area contributed by atoms with Crippen molar-refractivity contribution in [1.29, 1.82) is 5.41 Å². The van der Waals surface area contributed by atoms with Crippen LogP contribution in [0, 0.1) is 12.3 Å². The van der Waals surface area contributed by atoms with Crippen molar-refractivity contribution in [2.75, 3.05) is 5.73 Å². The van der Waals surface area contributed by atoms with Gasteiger partial charge >= 0.3 is 0 Å². The van der Waals surface area contributed by atoms with Crippen LogP contribution in [0.4, 0.5) is 14.5 Å². The molecule has 0 aliphatic rings. The van der Waals surface area contributed by atoms with Gasteiger partial charge in [-0.3, -0.25) is 4.98 Å². The third-order valence-electron chi connectivity index (χ3n) is 2.15. The number of hydrogen-bond donors (Lipinski definition) is 2. The standard InChI is InChI=1S/C10H13F2N3/c1-5(13)7-4-15-6(2)8(9(7)14)10(3,11)12/h4,13H,1-3H3,(H2,14,15). The van der Waals surface area contributed by atoms with Crippen LogP contribution in [-0.2, 0) is 5.92 Å². The third kappa shape index (κ3) is 2.11. The minimum atomic E-state index is -3.04. The fourth-order valence-electron chi connectivity index (χ4n) is 1.48. The summed E-state index contributed by atoms with van der Waals surface area (Å²) in [6.07, 6.45) is 1.35. The van der Waals surface area contributed by atoms with Crippen molar-refractivity contribution in [2.45, 2.75) is 26.7 Å². The normalized spacial score (nSPS) is 11.5. The molecule has 82 valence electrons. The van der Waals surface area contributed by atoms with Gasteiger partial charge in [-0.05, 0) is 13.8 Å². The van der Waals surface area contributed by atoms with Crippen LogP contribution in [0.5, 0.6) is 0 Å². The highest BCUT2D eigenvalue weighted by atomic mass is 19.3. The first-order valence-electron chi connectivity index (χ1n) is 4.44. The number of nitrogens with one attached hydrogen (secondary N) is 1. The summed E-state index contributed by atoms with van der Waals surface area (Å²) in [5.41, 5.74) is 5.86. The molecular formula is C10H13F2N3. The topological polar surface area (TPSA) is 62.8 Å². The molecular weight excluding hydrogens is 200 g/mol. The van der Waals surface area contributed by atoms with Crippen LogP contribution in [0.25, 0.3) is 0 Å². The Morgan fingerprint density at radius 3 is 2.47 bits per heavy atom. The zero-order valence-corrected chi connectivity index (χ0v) is 8.86. The molecule has 15 heavy (non-hydrogen) atoms. The lowest BCUT2D eigenvalue weighted by molar-refractivity contribution is 0.0172.